The van der Waals surface area contributed by atoms with Gasteiger partial charge in [-0.3, -0.25) is 4.99 Å². The first-order chi connectivity index (χ1) is 8.66. The Labute approximate surface area is 123 Å². The second-order valence-electron chi connectivity index (χ2n) is 3.67. The van der Waals surface area contributed by atoms with Crippen LogP contribution in [-0.2, 0) is 0 Å². The standard InChI is InChI=1S/C13H11BrClNOS/c14-11-4-2-1-3-10(11)12(17)8-16-7-9-5-6-13(15)18-9/h1-7,12,17H,8H2/b16-7+. The third-order valence-electron chi connectivity index (χ3n) is 2.36. The number of benzene rings is 1. The van der Waals surface area contributed by atoms with Gasteiger partial charge in [-0.25, -0.2) is 0 Å². The van der Waals surface area contributed by atoms with E-state index in [4.69, 9.17) is 11.6 Å². The van der Waals surface area contributed by atoms with E-state index in [2.05, 4.69) is 20.9 Å². The largest absolute Gasteiger partial charge is 0.386 e. The Morgan fingerprint density at radius 3 is 2.78 bits per heavy atom. The highest BCUT2D eigenvalue weighted by atomic mass is 79.9. The molecule has 0 saturated heterocycles. The summed E-state index contributed by atoms with van der Waals surface area (Å²) < 4.78 is 1.63. The number of halogens is 2. The summed E-state index contributed by atoms with van der Waals surface area (Å²) in [5, 5.41) is 10.0. The first-order valence-corrected chi connectivity index (χ1v) is 7.33. The molecule has 0 saturated carbocycles. The van der Waals surface area contributed by atoms with Crippen LogP contribution in [0.4, 0.5) is 0 Å². The van der Waals surface area contributed by atoms with Crippen LogP contribution in [0, 0.1) is 0 Å². The second kappa shape index (κ2) is 6.48. The smallest absolute Gasteiger partial charge is 0.0995 e. The van der Waals surface area contributed by atoms with Gasteiger partial charge in [-0.05, 0) is 23.8 Å². The van der Waals surface area contributed by atoms with Crippen molar-refractivity contribution in [1.29, 1.82) is 0 Å². The van der Waals surface area contributed by atoms with E-state index in [0.29, 0.717) is 6.54 Å². The number of nitrogens with zero attached hydrogens (tertiary/aromatic N) is 1. The van der Waals surface area contributed by atoms with Crippen LogP contribution < -0.4 is 0 Å². The van der Waals surface area contributed by atoms with Gasteiger partial charge in [0.15, 0.2) is 0 Å². The molecule has 0 aliphatic carbocycles. The van der Waals surface area contributed by atoms with Crippen molar-refractivity contribution in [2.24, 2.45) is 4.99 Å². The first-order valence-electron chi connectivity index (χ1n) is 5.34. The van der Waals surface area contributed by atoms with Gasteiger partial charge in [-0.2, -0.15) is 0 Å². The quantitative estimate of drug-likeness (QED) is 0.823. The molecule has 0 aliphatic heterocycles. The summed E-state index contributed by atoms with van der Waals surface area (Å²) in [7, 11) is 0. The third kappa shape index (κ3) is 3.65. The van der Waals surface area contributed by atoms with E-state index >= 15 is 0 Å². The van der Waals surface area contributed by atoms with Crippen LogP contribution in [0.25, 0.3) is 0 Å². The fourth-order valence-corrected chi connectivity index (χ4v) is 2.99. The van der Waals surface area contributed by atoms with Gasteiger partial charge < -0.3 is 5.11 Å². The van der Waals surface area contributed by atoms with Crippen molar-refractivity contribution in [3.8, 4) is 0 Å². The highest BCUT2D eigenvalue weighted by Crippen LogP contribution is 2.23. The number of aliphatic imine (C=N–C) groups is 1. The molecule has 1 heterocycles. The molecule has 1 atom stereocenters. The van der Waals surface area contributed by atoms with Crippen LogP contribution in [-0.4, -0.2) is 17.9 Å². The Hall–Kier alpha value is -0.680. The van der Waals surface area contributed by atoms with Crippen LogP contribution in [0.5, 0.6) is 0 Å². The maximum Gasteiger partial charge on any atom is 0.0995 e. The van der Waals surface area contributed by atoms with Crippen molar-refractivity contribution < 1.29 is 5.11 Å². The molecule has 2 aromatic rings. The lowest BCUT2D eigenvalue weighted by Gasteiger charge is -2.09. The summed E-state index contributed by atoms with van der Waals surface area (Å²) in [6, 6.07) is 11.3. The van der Waals surface area contributed by atoms with Gasteiger partial charge in [-0.15, -0.1) is 11.3 Å². The van der Waals surface area contributed by atoms with E-state index in [1.165, 1.54) is 11.3 Å². The fraction of sp³-hybridized carbons (Fsp3) is 0.154. The number of aliphatic hydroxyl groups is 1. The van der Waals surface area contributed by atoms with E-state index in [1.54, 1.807) is 6.21 Å². The molecule has 94 valence electrons. The van der Waals surface area contributed by atoms with Crippen LogP contribution >= 0.6 is 38.9 Å². The van der Waals surface area contributed by atoms with Crippen molar-refractivity contribution in [2.75, 3.05) is 6.54 Å². The van der Waals surface area contributed by atoms with Gasteiger partial charge in [0.1, 0.15) is 0 Å². The number of rotatable bonds is 4. The predicted molar refractivity (Wildman–Crippen MR) is 80.9 cm³/mol. The summed E-state index contributed by atoms with van der Waals surface area (Å²) in [5.41, 5.74) is 0.846. The lowest BCUT2D eigenvalue weighted by molar-refractivity contribution is 0.186. The monoisotopic (exact) mass is 343 g/mol. The van der Waals surface area contributed by atoms with Crippen molar-refractivity contribution in [3.63, 3.8) is 0 Å². The summed E-state index contributed by atoms with van der Waals surface area (Å²) in [5.74, 6) is 0. The lowest BCUT2D eigenvalue weighted by Crippen LogP contribution is -2.02. The molecule has 0 fully saturated rings. The molecule has 0 aliphatic rings. The number of thiophene rings is 1. The minimum atomic E-state index is -0.604. The summed E-state index contributed by atoms with van der Waals surface area (Å²) in [6.45, 7) is 0.331. The van der Waals surface area contributed by atoms with Gasteiger partial charge in [0.05, 0.1) is 17.0 Å². The molecule has 1 N–H and O–H groups in total. The van der Waals surface area contributed by atoms with E-state index in [1.807, 2.05) is 36.4 Å². The Bertz CT molecular complexity index is 555. The highest BCUT2D eigenvalue weighted by molar-refractivity contribution is 9.10. The van der Waals surface area contributed by atoms with Crippen molar-refractivity contribution >= 4 is 45.1 Å². The van der Waals surface area contributed by atoms with Crippen LogP contribution in [0.3, 0.4) is 0 Å². The molecule has 0 radical (unpaired) electrons. The molecule has 2 rings (SSSR count). The topological polar surface area (TPSA) is 32.6 Å². The third-order valence-corrected chi connectivity index (χ3v) is 4.24. The van der Waals surface area contributed by atoms with Crippen molar-refractivity contribution in [3.05, 3.63) is 55.6 Å². The average Bonchev–Trinajstić information content (AvgIpc) is 2.75. The predicted octanol–water partition coefficient (Wildman–Crippen LogP) is 4.32. The molecule has 1 aromatic carbocycles. The summed E-state index contributed by atoms with van der Waals surface area (Å²) in [4.78, 5) is 5.21. The molecule has 1 unspecified atom stereocenters. The summed E-state index contributed by atoms with van der Waals surface area (Å²) in [6.07, 6.45) is 1.13. The minimum Gasteiger partial charge on any atom is -0.386 e. The number of hydrogen-bond donors (Lipinski definition) is 1. The zero-order valence-corrected chi connectivity index (χ0v) is 12.5. The SMILES string of the molecule is OC(C/N=C/c1ccc(Cl)s1)c1ccccc1Br. The molecule has 2 nitrogen and oxygen atoms in total. The Morgan fingerprint density at radius 1 is 1.33 bits per heavy atom. The molecular weight excluding hydrogens is 334 g/mol. The number of aliphatic hydroxyl groups excluding tert-OH is 1. The maximum atomic E-state index is 10.0. The molecule has 1 aromatic heterocycles. The fourth-order valence-electron chi connectivity index (χ4n) is 1.48. The van der Waals surface area contributed by atoms with E-state index in [0.717, 1.165) is 19.2 Å². The van der Waals surface area contributed by atoms with Crippen molar-refractivity contribution in [2.45, 2.75) is 6.10 Å². The van der Waals surface area contributed by atoms with Gasteiger partial charge in [0.25, 0.3) is 0 Å². The molecule has 0 spiro atoms. The van der Waals surface area contributed by atoms with Crippen LogP contribution in [0.15, 0.2) is 45.9 Å². The molecule has 0 amide bonds. The van der Waals surface area contributed by atoms with Gasteiger partial charge in [0, 0.05) is 15.6 Å². The van der Waals surface area contributed by atoms with Crippen LogP contribution in [0.1, 0.15) is 16.5 Å². The molecular formula is C13H11BrClNOS. The van der Waals surface area contributed by atoms with E-state index in [9.17, 15) is 5.11 Å². The Morgan fingerprint density at radius 2 is 2.11 bits per heavy atom. The molecule has 18 heavy (non-hydrogen) atoms. The zero-order chi connectivity index (χ0) is 13.0. The first kappa shape index (κ1) is 13.7. The summed E-state index contributed by atoms with van der Waals surface area (Å²) >= 11 is 10.7. The Balaban J connectivity index is 1.98. The van der Waals surface area contributed by atoms with Gasteiger partial charge in [0.2, 0.25) is 0 Å². The Kier molecular flexibility index (Phi) is 4.95. The zero-order valence-electron chi connectivity index (χ0n) is 9.38. The molecule has 5 heteroatoms. The minimum absolute atomic E-state index is 0.331. The number of hydrogen-bond acceptors (Lipinski definition) is 3. The van der Waals surface area contributed by atoms with Crippen molar-refractivity contribution in [1.82, 2.24) is 0 Å². The van der Waals surface area contributed by atoms with Gasteiger partial charge >= 0.3 is 0 Å². The average molecular weight is 345 g/mol. The second-order valence-corrected chi connectivity index (χ2v) is 6.27. The highest BCUT2D eigenvalue weighted by Gasteiger charge is 2.09. The van der Waals surface area contributed by atoms with Gasteiger partial charge in [-0.1, -0.05) is 45.7 Å². The van der Waals surface area contributed by atoms with E-state index in [-0.39, 0.29) is 0 Å². The van der Waals surface area contributed by atoms with Crippen LogP contribution in [0.2, 0.25) is 4.34 Å². The normalized spacial score (nSPS) is 13.1. The van der Waals surface area contributed by atoms with E-state index < -0.39 is 6.10 Å². The maximum absolute atomic E-state index is 10.0. The molecule has 0 bridgehead atoms. The lowest BCUT2D eigenvalue weighted by atomic mass is 10.1.